The van der Waals surface area contributed by atoms with E-state index in [1.165, 1.54) is 42.6 Å². The van der Waals surface area contributed by atoms with Crippen LogP contribution in [-0.4, -0.2) is 94.1 Å². The van der Waals surface area contributed by atoms with Gasteiger partial charge in [-0.1, -0.05) is 49.6 Å². The monoisotopic (exact) mass is 618 g/mol. The number of nitrogens with one attached hydrogen (secondary N) is 2. The molecule has 10 heteroatoms. The summed E-state index contributed by atoms with van der Waals surface area (Å²) in [7, 11) is 0. The van der Waals surface area contributed by atoms with Gasteiger partial charge in [0.2, 0.25) is 11.8 Å². The lowest BCUT2D eigenvalue weighted by atomic mass is 9.91. The van der Waals surface area contributed by atoms with Gasteiger partial charge in [-0.25, -0.2) is 4.79 Å². The van der Waals surface area contributed by atoms with Crippen molar-refractivity contribution in [2.75, 3.05) is 42.6 Å². The second kappa shape index (κ2) is 16.2. The van der Waals surface area contributed by atoms with Crippen molar-refractivity contribution in [2.45, 2.75) is 96.0 Å². The summed E-state index contributed by atoms with van der Waals surface area (Å²) >= 11 is 3.42. The zero-order valence-corrected chi connectivity index (χ0v) is 27.3. The number of carbonyl (C=O) groups excluding carboxylic acids is 3. The highest BCUT2D eigenvalue weighted by atomic mass is 32.2. The lowest BCUT2D eigenvalue weighted by Crippen LogP contribution is -2.59. The van der Waals surface area contributed by atoms with Gasteiger partial charge in [0, 0.05) is 49.5 Å². The number of benzene rings is 1. The third-order valence-corrected chi connectivity index (χ3v) is 10.5. The Labute approximate surface area is 260 Å². The number of ether oxygens (including phenoxy) is 1. The van der Waals surface area contributed by atoms with Gasteiger partial charge in [-0.05, 0) is 63.7 Å². The van der Waals surface area contributed by atoms with Gasteiger partial charge in [-0.2, -0.15) is 23.5 Å². The molecule has 1 saturated carbocycles. The fraction of sp³-hybridized carbons (Fsp3) is 0.719. The van der Waals surface area contributed by atoms with Gasteiger partial charge in [0.15, 0.2) is 0 Å². The van der Waals surface area contributed by atoms with E-state index < -0.39 is 23.8 Å². The molecule has 2 atom stereocenters. The molecule has 1 unspecified atom stereocenters. The molecule has 8 nitrogen and oxygen atoms in total. The molecule has 1 aliphatic carbocycles. The molecule has 0 spiro atoms. The van der Waals surface area contributed by atoms with Crippen LogP contribution in [0, 0.1) is 5.92 Å². The van der Waals surface area contributed by atoms with Crippen LogP contribution in [0.5, 0.6) is 0 Å². The zero-order valence-electron chi connectivity index (χ0n) is 25.6. The van der Waals surface area contributed by atoms with Gasteiger partial charge >= 0.3 is 6.09 Å². The van der Waals surface area contributed by atoms with Gasteiger partial charge in [0.1, 0.15) is 17.7 Å². The highest BCUT2D eigenvalue weighted by Crippen LogP contribution is 2.27. The van der Waals surface area contributed by atoms with Crippen molar-refractivity contribution in [1.29, 1.82) is 0 Å². The molecule has 3 aliphatic rings. The van der Waals surface area contributed by atoms with Crippen LogP contribution in [0.3, 0.4) is 0 Å². The summed E-state index contributed by atoms with van der Waals surface area (Å²) in [4.78, 5) is 44.1. The van der Waals surface area contributed by atoms with Crippen LogP contribution in [0.4, 0.5) is 4.79 Å². The smallest absolute Gasteiger partial charge is 0.411 e. The molecule has 2 heterocycles. The van der Waals surface area contributed by atoms with Gasteiger partial charge < -0.3 is 15.4 Å². The second-order valence-electron chi connectivity index (χ2n) is 12.9. The quantitative estimate of drug-likeness (QED) is 0.385. The minimum atomic E-state index is -0.654. The summed E-state index contributed by atoms with van der Waals surface area (Å²) in [6.45, 7) is 8.71. The summed E-state index contributed by atoms with van der Waals surface area (Å²) < 4.78 is 5.60. The normalized spacial score (nSPS) is 21.9. The summed E-state index contributed by atoms with van der Waals surface area (Å²) in [5.41, 5.74) is 0.663. The van der Waals surface area contributed by atoms with Crippen LogP contribution in [0.25, 0.3) is 0 Å². The number of hydrogen-bond donors (Lipinski definition) is 2. The van der Waals surface area contributed by atoms with Gasteiger partial charge in [0.05, 0.1) is 0 Å². The van der Waals surface area contributed by atoms with Gasteiger partial charge in [-0.3, -0.25) is 19.4 Å². The van der Waals surface area contributed by atoms with E-state index in [0.29, 0.717) is 24.0 Å². The largest absolute Gasteiger partial charge is 0.444 e. The molecule has 2 saturated heterocycles. The molecule has 0 bridgehead atoms. The van der Waals surface area contributed by atoms with E-state index in [1.807, 2.05) is 26.8 Å². The zero-order chi connectivity index (χ0) is 30.0. The van der Waals surface area contributed by atoms with E-state index in [1.54, 1.807) is 23.5 Å². The molecule has 2 aliphatic heterocycles. The number of carbonyl (C=O) groups is 3. The van der Waals surface area contributed by atoms with E-state index in [9.17, 15) is 14.4 Å². The SMILES string of the molecule is CC(C)(C)OC(=O)N1CCSCC1C(=O)N[C@@H](CSCC1CCCCC1)C(=O)NC1CCN(Cc2ccccc2)CC1. The number of likely N-dealkylation sites (tertiary alicyclic amines) is 1. The Kier molecular flexibility index (Phi) is 12.8. The molecular formula is C32H50N4O4S2. The first-order chi connectivity index (χ1) is 20.2. The number of amides is 3. The van der Waals surface area contributed by atoms with E-state index in [4.69, 9.17) is 4.74 Å². The fourth-order valence-corrected chi connectivity index (χ4v) is 8.22. The van der Waals surface area contributed by atoms with Crippen molar-refractivity contribution in [3.05, 3.63) is 35.9 Å². The number of hydrogen-bond acceptors (Lipinski definition) is 7. The Morgan fingerprint density at radius 2 is 1.74 bits per heavy atom. The Morgan fingerprint density at radius 1 is 1.02 bits per heavy atom. The summed E-state index contributed by atoms with van der Waals surface area (Å²) in [5.74, 6) is 3.10. The molecule has 4 rings (SSSR count). The molecule has 3 fully saturated rings. The third-order valence-electron chi connectivity index (χ3n) is 8.24. The molecule has 1 aromatic rings. The maximum absolute atomic E-state index is 13.6. The van der Waals surface area contributed by atoms with Crippen LogP contribution in [0.15, 0.2) is 30.3 Å². The Balaban J connectivity index is 1.34. The van der Waals surface area contributed by atoms with E-state index in [-0.39, 0.29) is 17.9 Å². The van der Waals surface area contributed by atoms with Crippen molar-refractivity contribution in [3.63, 3.8) is 0 Å². The molecule has 0 aromatic heterocycles. The van der Waals surface area contributed by atoms with E-state index in [2.05, 4.69) is 39.8 Å². The molecule has 1 aromatic carbocycles. The van der Waals surface area contributed by atoms with Crippen molar-refractivity contribution >= 4 is 41.4 Å². The Bertz CT molecular complexity index is 1010. The summed E-state index contributed by atoms with van der Waals surface area (Å²) in [6.07, 6.45) is 7.70. The first-order valence-corrected chi connectivity index (χ1v) is 18.0. The average Bonchev–Trinajstić information content (AvgIpc) is 2.98. The van der Waals surface area contributed by atoms with Crippen molar-refractivity contribution < 1.29 is 19.1 Å². The average molecular weight is 619 g/mol. The maximum atomic E-state index is 13.6. The van der Waals surface area contributed by atoms with Crippen LogP contribution in [-0.2, 0) is 20.9 Å². The molecular weight excluding hydrogens is 569 g/mol. The van der Waals surface area contributed by atoms with Crippen molar-refractivity contribution in [1.82, 2.24) is 20.4 Å². The molecule has 42 heavy (non-hydrogen) atoms. The molecule has 0 radical (unpaired) electrons. The minimum absolute atomic E-state index is 0.0933. The lowest BCUT2D eigenvalue weighted by molar-refractivity contribution is -0.131. The number of piperidine rings is 1. The number of rotatable bonds is 10. The fourth-order valence-electron chi connectivity index (χ4n) is 5.90. The van der Waals surface area contributed by atoms with E-state index in [0.717, 1.165) is 44.0 Å². The van der Waals surface area contributed by atoms with Crippen LogP contribution in [0.1, 0.15) is 71.3 Å². The summed E-state index contributed by atoms with van der Waals surface area (Å²) in [6, 6.07) is 9.29. The van der Waals surface area contributed by atoms with Crippen LogP contribution < -0.4 is 10.6 Å². The predicted octanol–water partition coefficient (Wildman–Crippen LogP) is 4.92. The highest BCUT2D eigenvalue weighted by Gasteiger charge is 2.37. The van der Waals surface area contributed by atoms with Crippen molar-refractivity contribution in [3.8, 4) is 0 Å². The maximum Gasteiger partial charge on any atom is 0.411 e. The van der Waals surface area contributed by atoms with Gasteiger partial charge in [0.25, 0.3) is 0 Å². The topological polar surface area (TPSA) is 91.0 Å². The number of nitrogens with zero attached hydrogens (tertiary/aromatic N) is 2. The highest BCUT2D eigenvalue weighted by molar-refractivity contribution is 7.99. The number of thioether (sulfide) groups is 2. The minimum Gasteiger partial charge on any atom is -0.444 e. The molecule has 2 N–H and O–H groups in total. The third kappa shape index (κ3) is 10.7. The standard InChI is InChI=1S/C32H50N4O4S2/c1-32(2,3)40-31(39)36-18-19-41-23-28(36)30(38)34-27(22-42-21-25-12-8-5-9-13-25)29(37)33-26-14-16-35(17-15-26)20-24-10-6-4-7-11-24/h4,6-7,10-11,25-28H,5,8-9,12-23H2,1-3H3,(H,33,37)(H,34,38)/t27-,28?/m0/s1. The lowest BCUT2D eigenvalue weighted by Gasteiger charge is -2.36. The Morgan fingerprint density at radius 3 is 2.43 bits per heavy atom. The van der Waals surface area contributed by atoms with Crippen LogP contribution >= 0.6 is 23.5 Å². The predicted molar refractivity (Wildman–Crippen MR) is 173 cm³/mol. The van der Waals surface area contributed by atoms with Crippen LogP contribution in [0.2, 0.25) is 0 Å². The molecule has 234 valence electrons. The van der Waals surface area contributed by atoms with Crippen molar-refractivity contribution in [2.24, 2.45) is 5.92 Å². The second-order valence-corrected chi connectivity index (χ2v) is 15.1. The first-order valence-electron chi connectivity index (χ1n) is 15.7. The molecule has 3 amide bonds. The Hall–Kier alpha value is -1.91. The van der Waals surface area contributed by atoms with Gasteiger partial charge in [-0.15, -0.1) is 0 Å². The summed E-state index contributed by atoms with van der Waals surface area (Å²) in [5, 5.41) is 6.32. The first kappa shape index (κ1) is 33.0. The van der Waals surface area contributed by atoms with E-state index >= 15 is 0 Å².